The third-order valence-corrected chi connectivity index (χ3v) is 4.35. The van der Waals surface area contributed by atoms with Crippen LogP contribution in [0.4, 0.5) is 0 Å². The maximum Gasteiger partial charge on any atom is 0.273 e. The van der Waals surface area contributed by atoms with Gasteiger partial charge in [-0.1, -0.05) is 19.0 Å². The Hall–Kier alpha value is -2.11. The second-order valence-electron chi connectivity index (χ2n) is 6.76. The molecule has 0 radical (unpaired) electrons. The Morgan fingerprint density at radius 1 is 1.52 bits per heavy atom. The minimum atomic E-state index is -0.176. The zero-order valence-corrected chi connectivity index (χ0v) is 14.2. The molecule has 6 heteroatoms. The van der Waals surface area contributed by atoms with Crippen LogP contribution in [0.5, 0.6) is 0 Å². The lowest BCUT2D eigenvalue weighted by atomic mass is 9.91. The van der Waals surface area contributed by atoms with Crippen molar-refractivity contribution in [2.75, 3.05) is 0 Å². The van der Waals surface area contributed by atoms with E-state index in [0.29, 0.717) is 11.6 Å². The second-order valence-corrected chi connectivity index (χ2v) is 6.76. The topological polar surface area (TPSA) is 73.0 Å². The van der Waals surface area contributed by atoms with Gasteiger partial charge in [0.2, 0.25) is 0 Å². The third-order valence-electron chi connectivity index (χ3n) is 4.35. The average Bonchev–Trinajstić information content (AvgIpc) is 3.05. The van der Waals surface area contributed by atoms with Crippen LogP contribution in [0.15, 0.2) is 10.6 Å². The molecule has 1 N–H and O–H groups in total. The summed E-state index contributed by atoms with van der Waals surface area (Å²) in [6.07, 6.45) is 3.79. The summed E-state index contributed by atoms with van der Waals surface area (Å²) in [5.41, 5.74) is 3.74. The van der Waals surface area contributed by atoms with Crippen LogP contribution in [0.2, 0.25) is 0 Å². The molecule has 0 saturated heterocycles. The summed E-state index contributed by atoms with van der Waals surface area (Å²) in [4.78, 5) is 12.5. The third kappa shape index (κ3) is 3.16. The molecule has 0 aliphatic heterocycles. The average molecular weight is 316 g/mol. The molecule has 23 heavy (non-hydrogen) atoms. The minimum absolute atomic E-state index is 0.00481. The molecule has 2 heterocycles. The first-order chi connectivity index (χ1) is 11.0. The Morgan fingerprint density at radius 3 is 3.04 bits per heavy atom. The number of hydrogen-bond donors (Lipinski definition) is 1. The van der Waals surface area contributed by atoms with E-state index in [1.165, 1.54) is 5.69 Å². The molecule has 0 saturated carbocycles. The van der Waals surface area contributed by atoms with E-state index in [1.54, 1.807) is 6.07 Å². The van der Waals surface area contributed by atoms with E-state index in [0.717, 1.165) is 42.7 Å². The van der Waals surface area contributed by atoms with Gasteiger partial charge in [0.05, 0.1) is 11.7 Å². The monoisotopic (exact) mass is 316 g/mol. The van der Waals surface area contributed by atoms with Crippen molar-refractivity contribution in [1.29, 1.82) is 0 Å². The van der Waals surface area contributed by atoms with Gasteiger partial charge in [-0.25, -0.2) is 0 Å². The van der Waals surface area contributed by atoms with Crippen LogP contribution < -0.4 is 5.32 Å². The van der Waals surface area contributed by atoms with Gasteiger partial charge in [0.1, 0.15) is 5.76 Å². The van der Waals surface area contributed by atoms with E-state index in [-0.39, 0.29) is 11.9 Å². The van der Waals surface area contributed by atoms with E-state index in [2.05, 4.69) is 29.4 Å². The second kappa shape index (κ2) is 6.18. The number of carbonyl (C=O) groups excluding carboxylic acids is 1. The maximum absolute atomic E-state index is 12.5. The number of aromatic nitrogens is 3. The lowest BCUT2D eigenvalue weighted by molar-refractivity contribution is 0.0923. The Balaban J connectivity index is 1.75. The highest BCUT2D eigenvalue weighted by Gasteiger charge is 2.28. The summed E-state index contributed by atoms with van der Waals surface area (Å²) in [5.74, 6) is 1.05. The van der Waals surface area contributed by atoms with Crippen molar-refractivity contribution in [3.8, 4) is 0 Å². The molecular formula is C17H24N4O2. The first-order valence-corrected chi connectivity index (χ1v) is 8.24. The summed E-state index contributed by atoms with van der Waals surface area (Å²) in [5, 5.41) is 11.5. The molecule has 1 aliphatic rings. The van der Waals surface area contributed by atoms with Crippen LogP contribution >= 0.6 is 0 Å². The molecule has 3 rings (SSSR count). The van der Waals surface area contributed by atoms with Gasteiger partial charge in [0.25, 0.3) is 5.91 Å². The van der Waals surface area contributed by atoms with Crippen molar-refractivity contribution in [3.05, 3.63) is 34.5 Å². The van der Waals surface area contributed by atoms with Gasteiger partial charge >= 0.3 is 0 Å². The Kier molecular flexibility index (Phi) is 4.24. The lowest BCUT2D eigenvalue weighted by Crippen LogP contribution is -2.31. The molecule has 0 bridgehead atoms. The highest BCUT2D eigenvalue weighted by molar-refractivity contribution is 5.92. The fourth-order valence-corrected chi connectivity index (χ4v) is 3.39. The fourth-order valence-electron chi connectivity index (χ4n) is 3.39. The van der Waals surface area contributed by atoms with Crippen molar-refractivity contribution in [1.82, 2.24) is 20.3 Å². The lowest BCUT2D eigenvalue weighted by Gasteiger charge is -2.24. The van der Waals surface area contributed by atoms with Crippen molar-refractivity contribution in [2.24, 2.45) is 13.0 Å². The maximum atomic E-state index is 12.5. The highest BCUT2D eigenvalue weighted by atomic mass is 16.5. The smallest absolute Gasteiger partial charge is 0.273 e. The summed E-state index contributed by atoms with van der Waals surface area (Å²) in [6.45, 7) is 6.22. The number of hydrogen-bond acceptors (Lipinski definition) is 4. The number of rotatable bonds is 4. The van der Waals surface area contributed by atoms with Crippen LogP contribution in [0, 0.1) is 12.8 Å². The fraction of sp³-hybridized carbons (Fsp3) is 0.588. The Labute approximate surface area is 136 Å². The number of nitrogens with one attached hydrogen (secondary N) is 1. The predicted molar refractivity (Wildman–Crippen MR) is 86.1 cm³/mol. The van der Waals surface area contributed by atoms with Crippen LogP contribution in [0.25, 0.3) is 0 Å². The molecule has 1 aliphatic carbocycles. The number of carbonyl (C=O) groups is 1. The normalized spacial score (nSPS) is 17.3. The van der Waals surface area contributed by atoms with Crippen molar-refractivity contribution in [3.63, 3.8) is 0 Å². The molecule has 1 amide bonds. The zero-order chi connectivity index (χ0) is 16.6. The minimum Gasteiger partial charge on any atom is -0.361 e. The quantitative estimate of drug-likeness (QED) is 0.941. The van der Waals surface area contributed by atoms with Crippen molar-refractivity contribution < 1.29 is 9.32 Å². The highest BCUT2D eigenvalue weighted by Crippen LogP contribution is 2.32. The van der Waals surface area contributed by atoms with Gasteiger partial charge in [-0.2, -0.15) is 5.10 Å². The van der Waals surface area contributed by atoms with Gasteiger partial charge < -0.3 is 9.84 Å². The van der Waals surface area contributed by atoms with Crippen LogP contribution in [-0.4, -0.2) is 20.8 Å². The van der Waals surface area contributed by atoms with E-state index in [9.17, 15) is 4.79 Å². The number of aryl methyl sites for hydroxylation is 2. The molecular weight excluding hydrogens is 292 g/mol. The number of amides is 1. The van der Waals surface area contributed by atoms with Gasteiger partial charge in [-0.3, -0.25) is 9.48 Å². The van der Waals surface area contributed by atoms with Gasteiger partial charge in [0.15, 0.2) is 5.69 Å². The summed E-state index contributed by atoms with van der Waals surface area (Å²) in [7, 11) is 1.96. The van der Waals surface area contributed by atoms with E-state index in [1.807, 2.05) is 18.7 Å². The Morgan fingerprint density at radius 2 is 2.30 bits per heavy atom. The van der Waals surface area contributed by atoms with Crippen LogP contribution in [0.3, 0.4) is 0 Å². The zero-order valence-electron chi connectivity index (χ0n) is 14.2. The summed E-state index contributed by atoms with van der Waals surface area (Å²) < 4.78 is 7.19. The molecule has 6 nitrogen and oxygen atoms in total. The molecule has 1 atom stereocenters. The molecule has 2 aromatic rings. The first kappa shape index (κ1) is 15.8. The molecule has 2 aromatic heterocycles. The molecule has 0 spiro atoms. The molecule has 0 aromatic carbocycles. The molecule has 0 fully saturated rings. The van der Waals surface area contributed by atoms with Gasteiger partial charge in [-0.05, 0) is 32.1 Å². The van der Waals surface area contributed by atoms with Gasteiger partial charge in [0, 0.05) is 30.8 Å². The SMILES string of the molecule is Cc1nn(C)c2c1C(NC(=O)c1cc(CC(C)C)on1)CCC2. The predicted octanol–water partition coefficient (Wildman–Crippen LogP) is 2.72. The van der Waals surface area contributed by atoms with Crippen LogP contribution in [-0.2, 0) is 19.9 Å². The van der Waals surface area contributed by atoms with E-state index in [4.69, 9.17) is 4.52 Å². The van der Waals surface area contributed by atoms with Crippen molar-refractivity contribution >= 4 is 5.91 Å². The first-order valence-electron chi connectivity index (χ1n) is 8.24. The van der Waals surface area contributed by atoms with Crippen LogP contribution in [0.1, 0.15) is 65.9 Å². The van der Waals surface area contributed by atoms with E-state index >= 15 is 0 Å². The number of nitrogens with zero attached hydrogens (tertiary/aromatic N) is 3. The van der Waals surface area contributed by atoms with E-state index < -0.39 is 0 Å². The summed E-state index contributed by atoms with van der Waals surface area (Å²) in [6, 6.07) is 1.75. The standard InChI is InChI=1S/C17H24N4O2/c1-10(2)8-12-9-14(20-23-12)17(22)18-13-6-5-7-15-16(13)11(3)19-21(15)4/h9-10,13H,5-8H2,1-4H3,(H,18,22). The van der Waals surface area contributed by atoms with Gasteiger partial charge in [-0.15, -0.1) is 0 Å². The molecule has 1 unspecified atom stereocenters. The number of fused-ring (bicyclic) bond motifs is 1. The van der Waals surface area contributed by atoms with Crippen molar-refractivity contribution in [2.45, 2.75) is 52.5 Å². The largest absolute Gasteiger partial charge is 0.361 e. The molecule has 124 valence electrons. The summed E-state index contributed by atoms with van der Waals surface area (Å²) >= 11 is 0. The Bertz CT molecular complexity index is 714.